The number of carbonyl (C=O) groups excluding carboxylic acids is 1. The summed E-state index contributed by atoms with van der Waals surface area (Å²) in [4.78, 5) is 27.5. The van der Waals surface area contributed by atoms with Gasteiger partial charge in [-0.1, -0.05) is 0 Å². The number of thiazole rings is 1. The molecule has 0 saturated heterocycles. The molecule has 2 heterocycles. The first-order valence-corrected chi connectivity index (χ1v) is 8.47. The number of rotatable bonds is 4. The maximum atomic E-state index is 12.3. The van der Waals surface area contributed by atoms with Crippen molar-refractivity contribution < 1.29 is 19.1 Å². The van der Waals surface area contributed by atoms with E-state index in [9.17, 15) is 9.59 Å². The molecule has 1 fully saturated rings. The fraction of sp³-hybridized carbons (Fsp3) is 0.438. The van der Waals surface area contributed by atoms with Crippen LogP contribution in [0.25, 0.3) is 10.8 Å². The van der Waals surface area contributed by atoms with Gasteiger partial charge in [-0.25, -0.2) is 4.98 Å². The van der Waals surface area contributed by atoms with Gasteiger partial charge in [0.15, 0.2) is 10.8 Å². The summed E-state index contributed by atoms with van der Waals surface area (Å²) < 4.78 is 5.51. The molecule has 1 aliphatic rings. The van der Waals surface area contributed by atoms with E-state index in [1.54, 1.807) is 5.38 Å². The molecule has 122 valence electrons. The first-order valence-electron chi connectivity index (χ1n) is 7.59. The van der Waals surface area contributed by atoms with Crippen molar-refractivity contribution in [1.82, 2.24) is 10.3 Å². The lowest BCUT2D eigenvalue weighted by Gasteiger charge is -2.26. The van der Waals surface area contributed by atoms with Crippen LogP contribution in [-0.4, -0.2) is 28.0 Å². The Morgan fingerprint density at radius 2 is 2.04 bits per heavy atom. The molecule has 3 rings (SSSR count). The molecule has 0 radical (unpaired) electrons. The molecule has 0 spiro atoms. The Morgan fingerprint density at radius 3 is 2.65 bits per heavy atom. The molecule has 23 heavy (non-hydrogen) atoms. The predicted molar refractivity (Wildman–Crippen MR) is 85.4 cm³/mol. The lowest BCUT2D eigenvalue weighted by atomic mass is 9.86. The highest BCUT2D eigenvalue weighted by molar-refractivity contribution is 7.13. The third kappa shape index (κ3) is 3.61. The molecule has 1 aliphatic carbocycles. The highest BCUT2D eigenvalue weighted by atomic mass is 32.1. The molecule has 1 amide bonds. The van der Waals surface area contributed by atoms with E-state index < -0.39 is 5.97 Å². The van der Waals surface area contributed by atoms with Gasteiger partial charge in [0.2, 0.25) is 0 Å². The Morgan fingerprint density at radius 1 is 1.30 bits per heavy atom. The number of hydrogen-bond acceptors (Lipinski definition) is 5. The minimum Gasteiger partial charge on any atom is -0.481 e. The van der Waals surface area contributed by atoms with E-state index in [-0.39, 0.29) is 17.9 Å². The maximum Gasteiger partial charge on any atom is 0.306 e. The van der Waals surface area contributed by atoms with Gasteiger partial charge in [-0.3, -0.25) is 9.59 Å². The molecule has 0 aliphatic heterocycles. The number of furan rings is 1. The second-order valence-corrected chi connectivity index (χ2v) is 6.67. The summed E-state index contributed by atoms with van der Waals surface area (Å²) in [5.41, 5.74) is 0.374. The van der Waals surface area contributed by atoms with Gasteiger partial charge in [0.05, 0.1) is 5.92 Å². The fourth-order valence-electron chi connectivity index (χ4n) is 2.78. The van der Waals surface area contributed by atoms with Crippen LogP contribution in [0.5, 0.6) is 0 Å². The number of carboxylic acid groups (broad SMARTS) is 1. The van der Waals surface area contributed by atoms with Crippen LogP contribution in [0.1, 0.15) is 41.9 Å². The van der Waals surface area contributed by atoms with E-state index in [2.05, 4.69) is 10.3 Å². The van der Waals surface area contributed by atoms with Gasteiger partial charge in [0.25, 0.3) is 5.91 Å². The quantitative estimate of drug-likeness (QED) is 0.896. The Hall–Kier alpha value is -2.15. The number of aliphatic carboxylic acids is 1. The fourth-order valence-corrected chi connectivity index (χ4v) is 3.54. The summed E-state index contributed by atoms with van der Waals surface area (Å²) in [5.74, 6) is 0.225. The van der Waals surface area contributed by atoms with Gasteiger partial charge in [0, 0.05) is 11.4 Å². The minimum absolute atomic E-state index is 0.0223. The van der Waals surface area contributed by atoms with Crippen molar-refractivity contribution in [2.75, 3.05) is 0 Å². The lowest BCUT2D eigenvalue weighted by Crippen LogP contribution is -2.38. The molecule has 2 aromatic heterocycles. The summed E-state index contributed by atoms with van der Waals surface area (Å²) in [6, 6.07) is 3.72. The second kappa shape index (κ2) is 6.54. The molecule has 0 aromatic carbocycles. The van der Waals surface area contributed by atoms with Crippen LogP contribution in [0.4, 0.5) is 0 Å². The Labute approximate surface area is 137 Å². The van der Waals surface area contributed by atoms with E-state index in [0.717, 1.165) is 5.76 Å². The number of amides is 1. The molecule has 0 unspecified atom stereocenters. The topological polar surface area (TPSA) is 92.4 Å². The largest absolute Gasteiger partial charge is 0.481 e. The normalized spacial score (nSPS) is 21.1. The average Bonchev–Trinajstić information content (AvgIpc) is 3.16. The summed E-state index contributed by atoms with van der Waals surface area (Å²) >= 11 is 1.37. The van der Waals surface area contributed by atoms with Gasteiger partial charge < -0.3 is 14.8 Å². The zero-order valence-corrected chi connectivity index (χ0v) is 13.6. The van der Waals surface area contributed by atoms with Gasteiger partial charge >= 0.3 is 5.97 Å². The number of aromatic nitrogens is 1. The number of aryl methyl sites for hydroxylation is 1. The van der Waals surface area contributed by atoms with Crippen molar-refractivity contribution >= 4 is 23.2 Å². The van der Waals surface area contributed by atoms with Crippen molar-refractivity contribution in [2.24, 2.45) is 5.92 Å². The van der Waals surface area contributed by atoms with Crippen molar-refractivity contribution in [2.45, 2.75) is 38.6 Å². The average molecular weight is 334 g/mol. The lowest BCUT2D eigenvalue weighted by molar-refractivity contribution is -0.142. The van der Waals surface area contributed by atoms with Gasteiger partial charge in [-0.15, -0.1) is 11.3 Å². The number of hydrogen-bond donors (Lipinski definition) is 2. The Balaban J connectivity index is 1.59. The standard InChI is InChI=1S/C16H18N2O4S/c1-9-2-7-13(22-9)15-18-12(8-23-15)14(19)17-11-5-3-10(4-6-11)16(20)21/h2,7-8,10-11H,3-6H2,1H3,(H,17,19)(H,20,21). The molecule has 0 atom stereocenters. The molecule has 6 nitrogen and oxygen atoms in total. The van der Waals surface area contributed by atoms with Crippen LogP contribution in [0.3, 0.4) is 0 Å². The van der Waals surface area contributed by atoms with E-state index in [4.69, 9.17) is 9.52 Å². The first kappa shape index (κ1) is 15.7. The molecule has 7 heteroatoms. The Kier molecular flexibility index (Phi) is 4.47. The highest BCUT2D eigenvalue weighted by Gasteiger charge is 2.27. The monoisotopic (exact) mass is 334 g/mol. The third-order valence-electron chi connectivity index (χ3n) is 4.10. The van der Waals surface area contributed by atoms with Crippen LogP contribution in [0.15, 0.2) is 21.9 Å². The molecular formula is C16H18N2O4S. The molecule has 1 saturated carbocycles. The number of carbonyl (C=O) groups is 2. The summed E-state index contributed by atoms with van der Waals surface area (Å²) in [6.45, 7) is 1.86. The molecule has 2 aromatic rings. The number of nitrogens with zero attached hydrogens (tertiary/aromatic N) is 1. The van der Waals surface area contributed by atoms with Crippen molar-refractivity contribution in [3.63, 3.8) is 0 Å². The van der Waals surface area contributed by atoms with Gasteiger partial charge in [-0.05, 0) is 44.7 Å². The van der Waals surface area contributed by atoms with E-state index >= 15 is 0 Å². The smallest absolute Gasteiger partial charge is 0.306 e. The van der Waals surface area contributed by atoms with E-state index in [1.807, 2.05) is 19.1 Å². The molecule has 2 N–H and O–H groups in total. The predicted octanol–water partition coefficient (Wildman–Crippen LogP) is 3.08. The van der Waals surface area contributed by atoms with Crippen LogP contribution in [0.2, 0.25) is 0 Å². The Bertz CT molecular complexity index is 713. The van der Waals surface area contributed by atoms with Gasteiger partial charge in [-0.2, -0.15) is 0 Å². The van der Waals surface area contributed by atoms with Gasteiger partial charge in [0.1, 0.15) is 11.5 Å². The van der Waals surface area contributed by atoms with Crippen molar-refractivity contribution in [3.05, 3.63) is 29.0 Å². The third-order valence-corrected chi connectivity index (χ3v) is 4.96. The SMILES string of the molecule is Cc1ccc(-c2nc(C(=O)NC3CCC(C(=O)O)CC3)cs2)o1. The zero-order chi connectivity index (χ0) is 16.4. The molecular weight excluding hydrogens is 316 g/mol. The molecule has 0 bridgehead atoms. The van der Waals surface area contributed by atoms with Crippen LogP contribution >= 0.6 is 11.3 Å². The minimum atomic E-state index is -0.743. The van der Waals surface area contributed by atoms with Crippen LogP contribution in [-0.2, 0) is 4.79 Å². The summed E-state index contributed by atoms with van der Waals surface area (Å²) in [6.07, 6.45) is 2.59. The maximum absolute atomic E-state index is 12.3. The second-order valence-electron chi connectivity index (χ2n) is 5.81. The highest BCUT2D eigenvalue weighted by Crippen LogP contribution is 2.27. The van der Waals surface area contributed by atoms with Crippen LogP contribution < -0.4 is 5.32 Å². The van der Waals surface area contributed by atoms with Crippen molar-refractivity contribution in [3.8, 4) is 10.8 Å². The zero-order valence-electron chi connectivity index (χ0n) is 12.7. The summed E-state index contributed by atoms with van der Waals surface area (Å²) in [5, 5.41) is 14.3. The van der Waals surface area contributed by atoms with Crippen LogP contribution in [0, 0.1) is 12.8 Å². The van der Waals surface area contributed by atoms with E-state index in [1.165, 1.54) is 11.3 Å². The van der Waals surface area contributed by atoms with E-state index in [0.29, 0.717) is 42.1 Å². The number of carboxylic acids is 1. The number of nitrogens with one attached hydrogen (secondary N) is 1. The van der Waals surface area contributed by atoms with Crippen molar-refractivity contribution in [1.29, 1.82) is 0 Å². The first-order chi connectivity index (χ1) is 11.0. The summed E-state index contributed by atoms with van der Waals surface area (Å²) in [7, 11) is 0.